The highest BCUT2D eigenvalue weighted by molar-refractivity contribution is 5.78. The number of hydrogen-bond acceptors (Lipinski definition) is 4. The van der Waals surface area contributed by atoms with E-state index in [4.69, 9.17) is 15.6 Å². The highest BCUT2D eigenvalue weighted by Crippen LogP contribution is 2.48. The van der Waals surface area contributed by atoms with Crippen LogP contribution in [0.5, 0.6) is 0 Å². The van der Waals surface area contributed by atoms with Crippen LogP contribution in [-0.2, 0) is 9.53 Å². The molecule has 1 rings (SSSR count). The Labute approximate surface area is 90.8 Å². The molecule has 1 aliphatic rings. The van der Waals surface area contributed by atoms with Crippen LogP contribution in [0.2, 0.25) is 0 Å². The first-order valence-electron chi connectivity index (χ1n) is 5.60. The monoisotopic (exact) mass is 215 g/mol. The van der Waals surface area contributed by atoms with Gasteiger partial charge in [-0.25, -0.2) is 0 Å². The van der Waals surface area contributed by atoms with E-state index in [0.717, 1.165) is 32.1 Å². The maximum Gasteiger partial charge on any atom is 0.313 e. The fourth-order valence-corrected chi connectivity index (χ4v) is 2.22. The third-order valence-electron chi connectivity index (χ3n) is 3.35. The number of nitrogens with two attached hydrogens (primary N) is 1. The SMILES string of the molecule is COC(=O)C(CN)(CCCCO)C1CC1. The lowest BCUT2D eigenvalue weighted by atomic mass is 9.78. The molecule has 1 atom stereocenters. The highest BCUT2D eigenvalue weighted by atomic mass is 16.5. The second kappa shape index (κ2) is 5.47. The van der Waals surface area contributed by atoms with Crippen molar-refractivity contribution in [1.82, 2.24) is 0 Å². The number of esters is 1. The predicted octanol–water partition coefficient (Wildman–Crippen LogP) is 0.677. The van der Waals surface area contributed by atoms with Gasteiger partial charge in [-0.3, -0.25) is 4.79 Å². The number of aliphatic hydroxyl groups is 1. The maximum atomic E-state index is 11.8. The van der Waals surface area contributed by atoms with Crippen molar-refractivity contribution in [3.8, 4) is 0 Å². The summed E-state index contributed by atoms with van der Waals surface area (Å²) in [5, 5.41) is 8.74. The molecule has 1 fully saturated rings. The van der Waals surface area contributed by atoms with E-state index in [1.54, 1.807) is 0 Å². The number of rotatable bonds is 7. The van der Waals surface area contributed by atoms with Gasteiger partial charge in [-0.2, -0.15) is 0 Å². The van der Waals surface area contributed by atoms with Crippen molar-refractivity contribution in [1.29, 1.82) is 0 Å². The van der Waals surface area contributed by atoms with Crippen LogP contribution in [0.15, 0.2) is 0 Å². The summed E-state index contributed by atoms with van der Waals surface area (Å²) >= 11 is 0. The second-order valence-corrected chi connectivity index (χ2v) is 4.31. The van der Waals surface area contributed by atoms with E-state index in [9.17, 15) is 4.79 Å². The summed E-state index contributed by atoms with van der Waals surface area (Å²) in [6.45, 7) is 0.530. The van der Waals surface area contributed by atoms with Crippen molar-refractivity contribution in [3.05, 3.63) is 0 Å². The number of methoxy groups -OCH3 is 1. The molecule has 4 heteroatoms. The summed E-state index contributed by atoms with van der Waals surface area (Å²) in [6, 6.07) is 0. The van der Waals surface area contributed by atoms with Crippen molar-refractivity contribution in [3.63, 3.8) is 0 Å². The molecule has 1 saturated carbocycles. The van der Waals surface area contributed by atoms with Crippen LogP contribution in [0.25, 0.3) is 0 Å². The first-order chi connectivity index (χ1) is 7.21. The first kappa shape index (κ1) is 12.5. The Balaban J connectivity index is 2.61. The van der Waals surface area contributed by atoms with Crippen LogP contribution < -0.4 is 5.73 Å². The van der Waals surface area contributed by atoms with E-state index in [-0.39, 0.29) is 12.6 Å². The summed E-state index contributed by atoms with van der Waals surface area (Å²) in [7, 11) is 1.42. The average Bonchev–Trinajstić information content (AvgIpc) is 3.08. The summed E-state index contributed by atoms with van der Waals surface area (Å²) in [6.07, 6.45) is 4.45. The first-order valence-corrected chi connectivity index (χ1v) is 5.60. The third-order valence-corrected chi connectivity index (χ3v) is 3.35. The van der Waals surface area contributed by atoms with Crippen LogP contribution in [0.4, 0.5) is 0 Å². The van der Waals surface area contributed by atoms with Crippen LogP contribution in [0.3, 0.4) is 0 Å². The molecule has 0 aromatic heterocycles. The molecule has 0 aromatic carbocycles. The standard InChI is InChI=1S/C11H21NO3/c1-15-10(14)11(8-12,9-4-5-9)6-2-3-7-13/h9,13H,2-8,12H2,1H3. The van der Waals surface area contributed by atoms with E-state index < -0.39 is 5.41 Å². The Hall–Kier alpha value is -0.610. The number of hydrogen-bond donors (Lipinski definition) is 2. The topological polar surface area (TPSA) is 72.5 Å². The maximum absolute atomic E-state index is 11.8. The van der Waals surface area contributed by atoms with Crippen LogP contribution in [0, 0.1) is 11.3 Å². The largest absolute Gasteiger partial charge is 0.469 e. The molecule has 0 spiro atoms. The second-order valence-electron chi connectivity index (χ2n) is 4.31. The van der Waals surface area contributed by atoms with Crippen LogP contribution >= 0.6 is 0 Å². The fraction of sp³-hybridized carbons (Fsp3) is 0.909. The van der Waals surface area contributed by atoms with Gasteiger partial charge in [0.2, 0.25) is 0 Å². The van der Waals surface area contributed by atoms with Gasteiger partial charge in [0.15, 0.2) is 0 Å². The number of carbonyl (C=O) groups is 1. The van der Waals surface area contributed by atoms with Crippen molar-refractivity contribution >= 4 is 5.97 Å². The Morgan fingerprint density at radius 1 is 1.53 bits per heavy atom. The van der Waals surface area contributed by atoms with Gasteiger partial charge >= 0.3 is 5.97 Å². The lowest BCUT2D eigenvalue weighted by Crippen LogP contribution is -2.41. The highest BCUT2D eigenvalue weighted by Gasteiger charge is 2.50. The average molecular weight is 215 g/mol. The van der Waals surface area contributed by atoms with Gasteiger partial charge < -0.3 is 15.6 Å². The van der Waals surface area contributed by atoms with Gasteiger partial charge in [0.05, 0.1) is 12.5 Å². The summed E-state index contributed by atoms with van der Waals surface area (Å²) in [4.78, 5) is 11.8. The quantitative estimate of drug-likeness (QED) is 0.484. The Bertz CT molecular complexity index is 216. The fourth-order valence-electron chi connectivity index (χ4n) is 2.22. The van der Waals surface area contributed by atoms with E-state index in [0.29, 0.717) is 12.5 Å². The zero-order valence-corrected chi connectivity index (χ0v) is 9.37. The molecule has 0 radical (unpaired) electrons. The lowest BCUT2D eigenvalue weighted by Gasteiger charge is -2.29. The lowest BCUT2D eigenvalue weighted by molar-refractivity contribution is -0.154. The Kier molecular flexibility index (Phi) is 4.54. The Morgan fingerprint density at radius 2 is 2.20 bits per heavy atom. The molecule has 88 valence electrons. The van der Waals surface area contributed by atoms with E-state index in [1.807, 2.05) is 0 Å². The molecule has 15 heavy (non-hydrogen) atoms. The normalized spacial score (nSPS) is 19.7. The molecule has 0 saturated heterocycles. The minimum absolute atomic E-state index is 0.173. The Morgan fingerprint density at radius 3 is 2.60 bits per heavy atom. The minimum Gasteiger partial charge on any atom is -0.469 e. The van der Waals surface area contributed by atoms with Crippen molar-refractivity contribution < 1.29 is 14.6 Å². The molecule has 0 aromatic rings. The molecule has 4 nitrogen and oxygen atoms in total. The van der Waals surface area contributed by atoms with E-state index in [2.05, 4.69) is 0 Å². The number of aliphatic hydroxyl groups excluding tert-OH is 1. The van der Waals surface area contributed by atoms with Crippen molar-refractivity contribution in [2.75, 3.05) is 20.3 Å². The molecule has 3 N–H and O–H groups in total. The summed E-state index contributed by atoms with van der Waals surface area (Å²) in [5.41, 5.74) is 5.26. The number of carbonyl (C=O) groups excluding carboxylic acids is 1. The van der Waals surface area contributed by atoms with Crippen LogP contribution in [-0.4, -0.2) is 31.3 Å². The number of unbranched alkanes of at least 4 members (excludes halogenated alkanes) is 1. The van der Waals surface area contributed by atoms with E-state index >= 15 is 0 Å². The molecule has 0 aliphatic heterocycles. The minimum atomic E-state index is -0.482. The molecule has 0 amide bonds. The van der Waals surface area contributed by atoms with Crippen molar-refractivity contribution in [2.45, 2.75) is 32.1 Å². The van der Waals surface area contributed by atoms with Crippen LogP contribution in [0.1, 0.15) is 32.1 Å². The predicted molar refractivity (Wildman–Crippen MR) is 57.2 cm³/mol. The zero-order chi connectivity index (χ0) is 11.3. The van der Waals surface area contributed by atoms with Crippen molar-refractivity contribution in [2.24, 2.45) is 17.1 Å². The molecular weight excluding hydrogens is 194 g/mol. The molecule has 0 bridgehead atoms. The summed E-state index contributed by atoms with van der Waals surface area (Å²) in [5.74, 6) is 0.221. The third kappa shape index (κ3) is 2.69. The molecular formula is C11H21NO3. The van der Waals surface area contributed by atoms with Gasteiger partial charge in [0.1, 0.15) is 0 Å². The molecule has 1 aliphatic carbocycles. The van der Waals surface area contributed by atoms with Gasteiger partial charge in [0.25, 0.3) is 0 Å². The van der Waals surface area contributed by atoms with Gasteiger partial charge in [-0.1, -0.05) is 0 Å². The molecule has 0 heterocycles. The smallest absolute Gasteiger partial charge is 0.313 e. The number of ether oxygens (including phenoxy) is 1. The van der Waals surface area contributed by atoms with Gasteiger partial charge in [-0.05, 0) is 38.0 Å². The zero-order valence-electron chi connectivity index (χ0n) is 9.37. The van der Waals surface area contributed by atoms with Gasteiger partial charge in [-0.15, -0.1) is 0 Å². The molecule has 1 unspecified atom stereocenters. The van der Waals surface area contributed by atoms with E-state index in [1.165, 1.54) is 7.11 Å². The summed E-state index contributed by atoms with van der Waals surface area (Å²) < 4.78 is 4.86. The van der Waals surface area contributed by atoms with Gasteiger partial charge in [0, 0.05) is 13.2 Å².